The van der Waals surface area contributed by atoms with Crippen molar-refractivity contribution in [1.29, 1.82) is 0 Å². The van der Waals surface area contributed by atoms with Crippen molar-refractivity contribution in [2.75, 3.05) is 26.9 Å². The summed E-state index contributed by atoms with van der Waals surface area (Å²) in [5, 5.41) is 11.1. The predicted molar refractivity (Wildman–Crippen MR) is 133 cm³/mol. The highest BCUT2D eigenvalue weighted by Crippen LogP contribution is 2.39. The summed E-state index contributed by atoms with van der Waals surface area (Å²) in [6.07, 6.45) is 6.77. The predicted octanol–water partition coefficient (Wildman–Crippen LogP) is 4.37. The van der Waals surface area contributed by atoms with E-state index in [1.165, 1.54) is 6.92 Å². The second kappa shape index (κ2) is 9.13. The van der Waals surface area contributed by atoms with Gasteiger partial charge < -0.3 is 11.1 Å². The first-order valence-corrected chi connectivity index (χ1v) is 10.1. The van der Waals surface area contributed by atoms with Crippen LogP contribution in [0.1, 0.15) is 12.5 Å². The van der Waals surface area contributed by atoms with Crippen LogP contribution in [0.15, 0.2) is 78.4 Å². The number of hydrogen-bond donors (Lipinski definition) is 5. The molecule has 0 aromatic heterocycles. The van der Waals surface area contributed by atoms with Crippen LogP contribution in [0.3, 0.4) is 0 Å². The molecule has 3 aromatic rings. The maximum absolute atomic E-state index is 11.7. The summed E-state index contributed by atoms with van der Waals surface area (Å²) in [6.45, 7) is 5.72. The summed E-state index contributed by atoms with van der Waals surface area (Å²) in [5.41, 5.74) is 20.5. The van der Waals surface area contributed by atoms with Gasteiger partial charge in [0.25, 0.3) is 0 Å². The van der Waals surface area contributed by atoms with Gasteiger partial charge in [-0.25, -0.2) is 5.53 Å². The zero-order chi connectivity index (χ0) is 22.5. The van der Waals surface area contributed by atoms with Gasteiger partial charge in [-0.3, -0.25) is 20.7 Å². The second-order valence-electron chi connectivity index (χ2n) is 7.29. The van der Waals surface area contributed by atoms with Gasteiger partial charge in [-0.05, 0) is 30.3 Å². The van der Waals surface area contributed by atoms with Gasteiger partial charge in [0.05, 0.1) is 29.3 Å². The Balaban J connectivity index is 1.61. The van der Waals surface area contributed by atoms with E-state index in [0.717, 1.165) is 33.4 Å². The Morgan fingerprint density at radius 1 is 1.16 bits per heavy atom. The summed E-state index contributed by atoms with van der Waals surface area (Å²) in [4.78, 5) is 11.7. The van der Waals surface area contributed by atoms with Crippen molar-refractivity contribution in [1.82, 2.24) is 5.53 Å². The van der Waals surface area contributed by atoms with Crippen molar-refractivity contribution in [3.05, 3.63) is 78.9 Å². The van der Waals surface area contributed by atoms with Crippen molar-refractivity contribution in [2.24, 2.45) is 5.10 Å². The zero-order valence-electron chi connectivity index (χ0n) is 17.7. The van der Waals surface area contributed by atoms with Crippen LogP contribution in [-0.4, -0.2) is 12.1 Å². The molecule has 0 bridgehead atoms. The topological polar surface area (TPSA) is 107 Å². The minimum absolute atomic E-state index is 0.162. The van der Waals surface area contributed by atoms with E-state index in [1.54, 1.807) is 24.4 Å². The molecule has 1 aliphatic heterocycles. The molecule has 0 atom stereocenters. The molecule has 0 saturated heterocycles. The van der Waals surface area contributed by atoms with Crippen molar-refractivity contribution in [3.63, 3.8) is 0 Å². The van der Waals surface area contributed by atoms with Gasteiger partial charge in [0.15, 0.2) is 0 Å². The van der Waals surface area contributed by atoms with Crippen LogP contribution in [0.5, 0.6) is 0 Å². The van der Waals surface area contributed by atoms with Gasteiger partial charge in [-0.15, -0.1) is 0 Å². The van der Waals surface area contributed by atoms with Crippen LogP contribution >= 0.6 is 0 Å². The van der Waals surface area contributed by atoms with Crippen LogP contribution < -0.4 is 32.4 Å². The Bertz CT molecular complexity index is 1230. The van der Waals surface area contributed by atoms with E-state index in [1.807, 2.05) is 42.5 Å². The second-order valence-corrected chi connectivity index (χ2v) is 7.29. The Morgan fingerprint density at radius 3 is 2.75 bits per heavy atom. The van der Waals surface area contributed by atoms with Gasteiger partial charge in [0, 0.05) is 35.2 Å². The van der Waals surface area contributed by atoms with Gasteiger partial charge in [-0.1, -0.05) is 43.0 Å². The quantitative estimate of drug-likeness (QED) is 0.166. The molecule has 0 saturated carbocycles. The maximum Gasteiger partial charge on any atom is 0.221 e. The number of hydrogen-bond acceptors (Lipinski definition) is 7. The lowest BCUT2D eigenvalue weighted by atomic mass is 10.1. The zero-order valence-corrected chi connectivity index (χ0v) is 17.7. The highest BCUT2D eigenvalue weighted by Gasteiger charge is 2.23. The molecule has 0 unspecified atom stereocenters. The number of amides is 1. The molecule has 4 rings (SSSR count). The Kier molecular flexibility index (Phi) is 5.94. The molecule has 6 N–H and O–H groups in total. The number of carbonyl (C=O) groups excluding carboxylic acids is 1. The molecule has 32 heavy (non-hydrogen) atoms. The third kappa shape index (κ3) is 4.34. The normalized spacial score (nSPS) is 12.7. The molecule has 162 valence electrons. The number of carbonyl (C=O) groups is 1. The summed E-state index contributed by atoms with van der Waals surface area (Å²) >= 11 is 0. The van der Waals surface area contributed by atoms with Crippen LogP contribution in [-0.2, 0) is 11.3 Å². The molecule has 1 heterocycles. The lowest BCUT2D eigenvalue weighted by Gasteiger charge is -2.21. The Hall–Kier alpha value is -4.46. The van der Waals surface area contributed by atoms with E-state index in [9.17, 15) is 4.79 Å². The van der Waals surface area contributed by atoms with E-state index in [4.69, 9.17) is 5.73 Å². The number of allylic oxidation sites excluding steroid dienone is 3. The fraction of sp³-hybridized carbons (Fsp3) is 0.0833. The van der Waals surface area contributed by atoms with Crippen LogP contribution in [0.4, 0.5) is 28.4 Å². The number of fused-ring (bicyclic) bond motifs is 2. The molecular weight excluding hydrogens is 402 g/mol. The number of nitrogens with zero attached hydrogens (tertiary/aromatic N) is 2. The molecule has 1 amide bonds. The number of nitrogens with two attached hydrogens (primary N) is 1. The highest BCUT2D eigenvalue weighted by molar-refractivity contribution is 6.02. The van der Waals surface area contributed by atoms with E-state index in [0.29, 0.717) is 17.9 Å². The number of nitrogen functional groups attached to an aromatic ring is 1. The summed E-state index contributed by atoms with van der Waals surface area (Å²) < 4.78 is 0. The van der Waals surface area contributed by atoms with Crippen molar-refractivity contribution >= 4 is 51.3 Å². The first kappa shape index (κ1) is 20.8. The molecule has 3 aromatic carbocycles. The van der Waals surface area contributed by atoms with Crippen LogP contribution in [0, 0.1) is 0 Å². The molecule has 0 aliphatic carbocycles. The number of rotatable bonds is 7. The maximum atomic E-state index is 11.7. The van der Waals surface area contributed by atoms with E-state index in [2.05, 4.69) is 44.5 Å². The number of benzene rings is 3. The van der Waals surface area contributed by atoms with Gasteiger partial charge in [0.1, 0.15) is 0 Å². The summed E-state index contributed by atoms with van der Waals surface area (Å²) in [5.74, 6) is -0.162. The molecule has 0 spiro atoms. The van der Waals surface area contributed by atoms with Gasteiger partial charge >= 0.3 is 0 Å². The SMILES string of the molecule is C=C/C=C\C=N/NNc1cc2c(cc1NC(C)=O)NN(c1ccc(N)c3ccccc13)C2. The number of nitrogens with one attached hydrogen (secondary N) is 4. The third-order valence-corrected chi connectivity index (χ3v) is 5.03. The van der Waals surface area contributed by atoms with E-state index < -0.39 is 0 Å². The Morgan fingerprint density at radius 2 is 1.97 bits per heavy atom. The lowest BCUT2D eigenvalue weighted by Crippen LogP contribution is -2.22. The Labute approximate surface area is 186 Å². The van der Waals surface area contributed by atoms with Gasteiger partial charge in [0.2, 0.25) is 5.91 Å². The minimum atomic E-state index is -0.162. The monoisotopic (exact) mass is 427 g/mol. The summed E-state index contributed by atoms with van der Waals surface area (Å²) in [6, 6.07) is 15.9. The van der Waals surface area contributed by atoms with E-state index >= 15 is 0 Å². The molecule has 0 radical (unpaired) electrons. The number of hydrazone groups is 1. The third-order valence-electron chi connectivity index (χ3n) is 5.03. The van der Waals surface area contributed by atoms with Crippen molar-refractivity contribution < 1.29 is 4.79 Å². The summed E-state index contributed by atoms with van der Waals surface area (Å²) in [7, 11) is 0. The fourth-order valence-corrected chi connectivity index (χ4v) is 3.62. The molecule has 0 fully saturated rings. The van der Waals surface area contributed by atoms with Crippen molar-refractivity contribution in [3.8, 4) is 0 Å². The van der Waals surface area contributed by atoms with Crippen LogP contribution in [0.25, 0.3) is 10.8 Å². The average Bonchev–Trinajstić information content (AvgIpc) is 3.18. The molecular formula is C24H25N7O. The van der Waals surface area contributed by atoms with E-state index in [-0.39, 0.29) is 5.91 Å². The molecule has 8 nitrogen and oxygen atoms in total. The van der Waals surface area contributed by atoms with Crippen molar-refractivity contribution in [2.45, 2.75) is 13.5 Å². The first-order valence-electron chi connectivity index (χ1n) is 10.1. The van der Waals surface area contributed by atoms with Crippen LogP contribution in [0.2, 0.25) is 0 Å². The molecule has 8 heteroatoms. The van der Waals surface area contributed by atoms with Gasteiger partial charge in [-0.2, -0.15) is 5.10 Å². The number of hydrazine groups is 2. The highest BCUT2D eigenvalue weighted by atomic mass is 16.1. The largest absolute Gasteiger partial charge is 0.398 e. The lowest BCUT2D eigenvalue weighted by molar-refractivity contribution is -0.114. The fourth-order valence-electron chi connectivity index (χ4n) is 3.62. The average molecular weight is 428 g/mol. The molecule has 1 aliphatic rings. The smallest absolute Gasteiger partial charge is 0.221 e. The number of anilines is 5. The standard InChI is InChI=1S/C24H25N7O/c1-3-4-7-12-26-30-28-23-13-17-15-31(29-21(17)14-22(23)27-16(2)32)24-11-10-20(25)18-8-5-6-9-19(18)24/h3-14,28-30H,1,15,25H2,2H3,(H,27,32)/b7-4-,26-12-. The minimum Gasteiger partial charge on any atom is -0.398 e. The first-order chi connectivity index (χ1) is 15.6.